The molecule has 1 unspecified atom stereocenters. The van der Waals surface area contributed by atoms with E-state index in [9.17, 15) is 8.42 Å². The summed E-state index contributed by atoms with van der Waals surface area (Å²) in [4.78, 5) is 2.30. The topological polar surface area (TPSA) is 49.4 Å². The summed E-state index contributed by atoms with van der Waals surface area (Å²) in [5.74, 6) is 0.214. The molecule has 0 radical (unpaired) electrons. The van der Waals surface area contributed by atoms with Crippen molar-refractivity contribution < 1.29 is 8.42 Å². The molecule has 0 fully saturated rings. The molecule has 0 saturated heterocycles. The maximum absolute atomic E-state index is 10.9. The first-order valence-corrected chi connectivity index (χ1v) is 8.19. The van der Waals surface area contributed by atoms with Crippen LogP contribution in [0.1, 0.15) is 27.7 Å². The molecule has 0 heterocycles. The standard InChI is InChI=1S/C12H28N2O2S/c1-11(12(2,3)4)14(5)9-7-13-8-10-17(6,15)16/h11,13H,7-10H2,1-6H3. The fraction of sp³-hybridized carbons (Fsp3) is 1.00. The molecule has 0 spiro atoms. The number of nitrogens with one attached hydrogen (secondary N) is 1. The van der Waals surface area contributed by atoms with Gasteiger partial charge in [0.15, 0.2) is 0 Å². The molecule has 0 aliphatic rings. The third-order valence-electron chi connectivity index (χ3n) is 3.21. The van der Waals surface area contributed by atoms with Crippen molar-refractivity contribution in [3.8, 4) is 0 Å². The quantitative estimate of drug-likeness (QED) is 0.697. The molecule has 17 heavy (non-hydrogen) atoms. The van der Waals surface area contributed by atoms with E-state index in [0.29, 0.717) is 12.6 Å². The van der Waals surface area contributed by atoms with E-state index in [4.69, 9.17) is 0 Å². The van der Waals surface area contributed by atoms with E-state index in [-0.39, 0.29) is 11.2 Å². The predicted molar refractivity (Wildman–Crippen MR) is 74.1 cm³/mol. The average Bonchev–Trinajstić information content (AvgIpc) is 2.12. The van der Waals surface area contributed by atoms with Gasteiger partial charge in [0.25, 0.3) is 0 Å². The number of rotatable bonds is 7. The van der Waals surface area contributed by atoms with Crippen molar-refractivity contribution in [1.29, 1.82) is 0 Å². The zero-order chi connectivity index (χ0) is 13.7. The summed E-state index contributed by atoms with van der Waals surface area (Å²) in [6, 6.07) is 0.499. The molecule has 0 aliphatic heterocycles. The van der Waals surface area contributed by atoms with E-state index in [1.54, 1.807) is 0 Å². The zero-order valence-electron chi connectivity index (χ0n) is 12.1. The lowest BCUT2D eigenvalue weighted by Gasteiger charge is -2.35. The van der Waals surface area contributed by atoms with E-state index in [1.807, 2.05) is 0 Å². The van der Waals surface area contributed by atoms with Crippen molar-refractivity contribution in [2.24, 2.45) is 5.41 Å². The number of hydrogen-bond acceptors (Lipinski definition) is 4. The second-order valence-electron chi connectivity index (χ2n) is 5.90. The molecule has 0 saturated carbocycles. The third-order valence-corrected chi connectivity index (χ3v) is 4.15. The lowest BCUT2D eigenvalue weighted by molar-refractivity contribution is 0.142. The van der Waals surface area contributed by atoms with Crippen molar-refractivity contribution in [3.63, 3.8) is 0 Å². The van der Waals surface area contributed by atoms with Gasteiger partial charge in [-0.05, 0) is 19.4 Å². The smallest absolute Gasteiger partial charge is 0.148 e. The second-order valence-corrected chi connectivity index (χ2v) is 8.16. The highest BCUT2D eigenvalue weighted by atomic mass is 32.2. The van der Waals surface area contributed by atoms with Crippen LogP contribution in [0.25, 0.3) is 0 Å². The van der Waals surface area contributed by atoms with Crippen LogP contribution < -0.4 is 5.32 Å². The summed E-state index contributed by atoms with van der Waals surface area (Å²) in [6.07, 6.45) is 1.27. The van der Waals surface area contributed by atoms with Crippen LogP contribution in [0, 0.1) is 5.41 Å². The lowest BCUT2D eigenvalue weighted by Crippen LogP contribution is -2.42. The van der Waals surface area contributed by atoms with Gasteiger partial charge in [-0.25, -0.2) is 8.42 Å². The fourth-order valence-electron chi connectivity index (χ4n) is 1.49. The Bertz CT molecular complexity index is 307. The Kier molecular flexibility index (Phi) is 6.66. The van der Waals surface area contributed by atoms with E-state index in [2.05, 4.69) is 45.0 Å². The van der Waals surface area contributed by atoms with Gasteiger partial charge >= 0.3 is 0 Å². The molecule has 0 bridgehead atoms. The fourth-order valence-corrected chi connectivity index (χ4v) is 2.01. The Balaban J connectivity index is 3.76. The van der Waals surface area contributed by atoms with Crippen molar-refractivity contribution in [1.82, 2.24) is 10.2 Å². The molecular weight excluding hydrogens is 236 g/mol. The first-order valence-electron chi connectivity index (χ1n) is 6.13. The van der Waals surface area contributed by atoms with Gasteiger partial charge in [-0.15, -0.1) is 0 Å². The Morgan fingerprint density at radius 3 is 2.18 bits per heavy atom. The first kappa shape index (κ1) is 16.9. The van der Waals surface area contributed by atoms with E-state index < -0.39 is 9.84 Å². The third kappa shape index (κ3) is 8.57. The van der Waals surface area contributed by atoms with Gasteiger partial charge in [-0.1, -0.05) is 20.8 Å². The molecule has 4 nitrogen and oxygen atoms in total. The van der Waals surface area contributed by atoms with Gasteiger partial charge in [-0.2, -0.15) is 0 Å². The minimum absolute atomic E-state index is 0.214. The summed E-state index contributed by atoms with van der Waals surface area (Å²) in [5.41, 5.74) is 0.265. The lowest BCUT2D eigenvalue weighted by atomic mass is 9.87. The minimum atomic E-state index is -2.84. The van der Waals surface area contributed by atoms with Crippen LogP contribution in [0.2, 0.25) is 0 Å². The van der Waals surface area contributed by atoms with Crippen LogP contribution in [0.4, 0.5) is 0 Å². The second kappa shape index (κ2) is 6.71. The van der Waals surface area contributed by atoms with Crippen LogP contribution in [0.3, 0.4) is 0 Å². The molecule has 0 aliphatic carbocycles. The Morgan fingerprint density at radius 1 is 1.24 bits per heavy atom. The van der Waals surface area contributed by atoms with Crippen molar-refractivity contribution in [3.05, 3.63) is 0 Å². The molecule has 0 aromatic carbocycles. The number of likely N-dealkylation sites (N-methyl/N-ethyl adjacent to an activating group) is 1. The molecule has 1 N–H and O–H groups in total. The summed E-state index contributed by atoms with van der Waals surface area (Å²) < 4.78 is 21.8. The Labute approximate surface area is 107 Å². The van der Waals surface area contributed by atoms with Crippen LogP contribution in [-0.4, -0.2) is 58.1 Å². The van der Waals surface area contributed by atoms with Crippen molar-refractivity contribution >= 4 is 9.84 Å². The molecule has 1 atom stereocenters. The summed E-state index contributed by atoms with van der Waals surface area (Å²) in [7, 11) is -0.735. The SMILES string of the molecule is CC(N(C)CCNCCS(C)(=O)=O)C(C)(C)C. The van der Waals surface area contributed by atoms with Gasteiger partial charge in [0.2, 0.25) is 0 Å². The normalized spacial score (nSPS) is 15.2. The van der Waals surface area contributed by atoms with Gasteiger partial charge in [-0.3, -0.25) is 0 Å². The zero-order valence-corrected chi connectivity index (χ0v) is 12.9. The van der Waals surface area contributed by atoms with Crippen molar-refractivity contribution in [2.45, 2.75) is 33.7 Å². The van der Waals surface area contributed by atoms with Gasteiger partial charge in [0, 0.05) is 31.9 Å². The molecule has 104 valence electrons. The van der Waals surface area contributed by atoms with Gasteiger partial charge in [0.1, 0.15) is 9.84 Å². The van der Waals surface area contributed by atoms with Crippen LogP contribution in [-0.2, 0) is 9.84 Å². The number of hydrogen-bond donors (Lipinski definition) is 1. The molecule has 0 aromatic heterocycles. The molecule has 0 aromatic rings. The largest absolute Gasteiger partial charge is 0.314 e. The van der Waals surface area contributed by atoms with Gasteiger partial charge in [0.05, 0.1) is 5.75 Å². The Hall–Kier alpha value is -0.130. The average molecular weight is 264 g/mol. The van der Waals surface area contributed by atoms with Gasteiger partial charge < -0.3 is 10.2 Å². The highest BCUT2D eigenvalue weighted by Crippen LogP contribution is 2.22. The molecular formula is C12H28N2O2S. The van der Waals surface area contributed by atoms with E-state index in [1.165, 1.54) is 6.26 Å². The summed E-state index contributed by atoms with van der Waals surface area (Å²) in [5, 5.41) is 3.16. The molecule has 0 amide bonds. The maximum Gasteiger partial charge on any atom is 0.148 e. The number of sulfone groups is 1. The summed E-state index contributed by atoms with van der Waals surface area (Å²) in [6.45, 7) is 11.2. The summed E-state index contributed by atoms with van der Waals surface area (Å²) >= 11 is 0. The highest BCUT2D eigenvalue weighted by Gasteiger charge is 2.23. The van der Waals surface area contributed by atoms with Crippen LogP contribution in [0.5, 0.6) is 0 Å². The molecule has 5 heteroatoms. The predicted octanol–water partition coefficient (Wildman–Crippen LogP) is 0.987. The maximum atomic E-state index is 10.9. The highest BCUT2D eigenvalue weighted by molar-refractivity contribution is 7.90. The minimum Gasteiger partial charge on any atom is -0.314 e. The van der Waals surface area contributed by atoms with Crippen LogP contribution >= 0.6 is 0 Å². The van der Waals surface area contributed by atoms with E-state index >= 15 is 0 Å². The first-order chi connectivity index (χ1) is 7.54. The van der Waals surface area contributed by atoms with Crippen LogP contribution in [0.15, 0.2) is 0 Å². The Morgan fingerprint density at radius 2 is 1.76 bits per heavy atom. The number of nitrogens with zero attached hydrogens (tertiary/aromatic N) is 1. The van der Waals surface area contributed by atoms with E-state index in [0.717, 1.165) is 13.1 Å². The molecule has 0 rings (SSSR count). The monoisotopic (exact) mass is 264 g/mol. The van der Waals surface area contributed by atoms with Crippen molar-refractivity contribution in [2.75, 3.05) is 38.7 Å².